The number of hydrogen-bond acceptors (Lipinski definition) is 3. The zero-order chi connectivity index (χ0) is 10.7. The third kappa shape index (κ3) is 2.05. The summed E-state index contributed by atoms with van der Waals surface area (Å²) in [4.78, 5) is 21.7. The van der Waals surface area contributed by atoms with Gasteiger partial charge in [-0.05, 0) is 12.1 Å². The van der Waals surface area contributed by atoms with Crippen molar-refractivity contribution in [2.24, 2.45) is 0 Å². The molecular formula is C9H6Cl2O3. The number of carbonyl (C=O) groups is 2. The quantitative estimate of drug-likeness (QED) is 0.582. The van der Waals surface area contributed by atoms with Crippen molar-refractivity contribution in [2.75, 3.05) is 7.11 Å². The van der Waals surface area contributed by atoms with Crippen LogP contribution in [0.1, 0.15) is 20.7 Å². The van der Waals surface area contributed by atoms with E-state index in [1.54, 1.807) is 0 Å². The summed E-state index contributed by atoms with van der Waals surface area (Å²) in [6, 6.07) is 2.73. The van der Waals surface area contributed by atoms with Crippen molar-refractivity contribution in [1.29, 1.82) is 0 Å². The fourth-order valence-electron chi connectivity index (χ4n) is 0.955. The summed E-state index contributed by atoms with van der Waals surface area (Å²) in [7, 11) is 1.22. The Morgan fingerprint density at radius 1 is 1.43 bits per heavy atom. The molecule has 0 spiro atoms. The Hall–Kier alpha value is -1.06. The second kappa shape index (κ2) is 4.44. The molecule has 1 aromatic carbocycles. The molecule has 0 bridgehead atoms. The van der Waals surface area contributed by atoms with Gasteiger partial charge in [-0.25, -0.2) is 4.79 Å². The van der Waals surface area contributed by atoms with Crippen molar-refractivity contribution >= 4 is 35.5 Å². The van der Waals surface area contributed by atoms with E-state index in [0.717, 1.165) is 0 Å². The lowest BCUT2D eigenvalue weighted by molar-refractivity contribution is 0.0601. The monoisotopic (exact) mass is 232 g/mol. The first-order valence-corrected chi connectivity index (χ1v) is 4.38. The van der Waals surface area contributed by atoms with Crippen molar-refractivity contribution in [2.45, 2.75) is 0 Å². The van der Waals surface area contributed by atoms with E-state index in [9.17, 15) is 9.59 Å². The summed E-state index contributed by atoms with van der Waals surface area (Å²) in [6.45, 7) is 0. The van der Waals surface area contributed by atoms with Gasteiger partial charge < -0.3 is 4.74 Å². The number of ether oxygens (including phenoxy) is 1. The number of rotatable bonds is 2. The second-order valence-electron chi connectivity index (χ2n) is 2.47. The van der Waals surface area contributed by atoms with Crippen LogP contribution in [0.25, 0.3) is 0 Å². The van der Waals surface area contributed by atoms with Crippen LogP contribution < -0.4 is 0 Å². The molecular weight excluding hydrogens is 227 g/mol. The fraction of sp³-hybridized carbons (Fsp3) is 0.111. The summed E-state index contributed by atoms with van der Waals surface area (Å²) < 4.78 is 4.47. The van der Waals surface area contributed by atoms with Gasteiger partial charge in [0, 0.05) is 10.6 Å². The molecule has 3 nitrogen and oxygen atoms in total. The third-order valence-electron chi connectivity index (χ3n) is 1.60. The maximum Gasteiger partial charge on any atom is 0.339 e. The van der Waals surface area contributed by atoms with Crippen molar-refractivity contribution < 1.29 is 14.3 Å². The maximum atomic E-state index is 11.2. The van der Waals surface area contributed by atoms with Gasteiger partial charge in [0.15, 0.2) is 6.29 Å². The fourth-order valence-corrected chi connectivity index (χ4v) is 1.41. The minimum absolute atomic E-state index is 0.0521. The molecule has 0 aliphatic rings. The Balaban J connectivity index is 3.36. The van der Waals surface area contributed by atoms with Crippen LogP contribution >= 0.6 is 23.2 Å². The molecule has 0 saturated heterocycles. The Bertz CT molecular complexity index is 388. The van der Waals surface area contributed by atoms with Crippen LogP contribution in [0.4, 0.5) is 0 Å². The maximum absolute atomic E-state index is 11.2. The van der Waals surface area contributed by atoms with E-state index >= 15 is 0 Å². The van der Waals surface area contributed by atoms with Gasteiger partial charge >= 0.3 is 5.97 Å². The van der Waals surface area contributed by atoms with E-state index < -0.39 is 5.97 Å². The molecule has 0 amide bonds. The molecule has 0 fully saturated rings. The number of carbonyl (C=O) groups excluding carboxylic acids is 2. The van der Waals surface area contributed by atoms with Crippen LogP contribution in [0.2, 0.25) is 10.0 Å². The zero-order valence-electron chi connectivity index (χ0n) is 7.21. The minimum atomic E-state index is -0.624. The molecule has 0 heterocycles. The highest BCUT2D eigenvalue weighted by molar-refractivity contribution is 6.37. The van der Waals surface area contributed by atoms with E-state index in [4.69, 9.17) is 23.2 Å². The Morgan fingerprint density at radius 3 is 2.57 bits per heavy atom. The van der Waals surface area contributed by atoms with Gasteiger partial charge in [0.2, 0.25) is 0 Å². The molecule has 1 rings (SSSR count). The SMILES string of the molecule is COC(=O)c1cc(Cl)cc(C=O)c1Cl. The van der Waals surface area contributed by atoms with Crippen LogP contribution in [0.15, 0.2) is 12.1 Å². The molecule has 74 valence electrons. The van der Waals surface area contributed by atoms with Gasteiger partial charge in [-0.2, -0.15) is 0 Å². The van der Waals surface area contributed by atoms with Crippen LogP contribution in [0, 0.1) is 0 Å². The Morgan fingerprint density at radius 2 is 2.07 bits per heavy atom. The molecule has 1 aromatic rings. The number of esters is 1. The number of benzene rings is 1. The molecule has 0 saturated carbocycles. The molecule has 14 heavy (non-hydrogen) atoms. The lowest BCUT2D eigenvalue weighted by Crippen LogP contribution is -2.03. The normalized spacial score (nSPS) is 9.64. The first-order chi connectivity index (χ1) is 6.60. The lowest BCUT2D eigenvalue weighted by Gasteiger charge is -2.04. The number of halogens is 2. The highest BCUT2D eigenvalue weighted by atomic mass is 35.5. The zero-order valence-corrected chi connectivity index (χ0v) is 8.72. The average Bonchev–Trinajstić information content (AvgIpc) is 2.19. The van der Waals surface area contributed by atoms with Crippen molar-refractivity contribution in [3.63, 3.8) is 0 Å². The molecule has 0 N–H and O–H groups in total. The van der Waals surface area contributed by atoms with Crippen molar-refractivity contribution in [3.05, 3.63) is 33.3 Å². The van der Waals surface area contributed by atoms with E-state index in [0.29, 0.717) is 6.29 Å². The van der Waals surface area contributed by atoms with Gasteiger partial charge in [0.1, 0.15) is 0 Å². The topological polar surface area (TPSA) is 43.4 Å². The highest BCUT2D eigenvalue weighted by Gasteiger charge is 2.14. The van der Waals surface area contributed by atoms with Crippen LogP contribution in [-0.2, 0) is 4.74 Å². The summed E-state index contributed by atoms with van der Waals surface area (Å²) in [5.74, 6) is -0.624. The van der Waals surface area contributed by atoms with Gasteiger partial charge in [-0.1, -0.05) is 23.2 Å². The first-order valence-electron chi connectivity index (χ1n) is 3.62. The second-order valence-corrected chi connectivity index (χ2v) is 3.28. The molecule has 0 radical (unpaired) electrons. The Kier molecular flexibility index (Phi) is 3.49. The predicted molar refractivity (Wildman–Crippen MR) is 53.2 cm³/mol. The van der Waals surface area contributed by atoms with E-state index in [1.165, 1.54) is 19.2 Å². The summed E-state index contributed by atoms with van der Waals surface area (Å²) >= 11 is 11.4. The summed E-state index contributed by atoms with van der Waals surface area (Å²) in [5.41, 5.74) is 0.253. The van der Waals surface area contributed by atoms with Crippen LogP contribution in [-0.4, -0.2) is 19.4 Å². The number of hydrogen-bond donors (Lipinski definition) is 0. The lowest BCUT2D eigenvalue weighted by atomic mass is 10.1. The largest absolute Gasteiger partial charge is 0.465 e. The molecule has 0 aliphatic heterocycles. The molecule has 5 heteroatoms. The summed E-state index contributed by atoms with van der Waals surface area (Å²) in [6.07, 6.45) is 0.528. The van der Waals surface area contributed by atoms with Crippen molar-refractivity contribution in [1.82, 2.24) is 0 Å². The average molecular weight is 233 g/mol. The number of aldehydes is 1. The summed E-state index contributed by atoms with van der Waals surface area (Å²) in [5, 5.41) is 0.313. The molecule has 0 atom stereocenters. The first kappa shape index (κ1) is 11.0. The van der Waals surface area contributed by atoms with Crippen molar-refractivity contribution in [3.8, 4) is 0 Å². The van der Waals surface area contributed by atoms with E-state index in [1.807, 2.05) is 0 Å². The van der Waals surface area contributed by atoms with Gasteiger partial charge in [0.25, 0.3) is 0 Å². The molecule has 0 aliphatic carbocycles. The van der Waals surface area contributed by atoms with E-state index in [-0.39, 0.29) is 21.2 Å². The van der Waals surface area contributed by atoms with Gasteiger partial charge in [-0.15, -0.1) is 0 Å². The van der Waals surface area contributed by atoms with Gasteiger partial charge in [-0.3, -0.25) is 4.79 Å². The predicted octanol–water partition coefficient (Wildman–Crippen LogP) is 2.59. The minimum Gasteiger partial charge on any atom is -0.465 e. The molecule has 0 unspecified atom stereocenters. The van der Waals surface area contributed by atoms with Gasteiger partial charge in [0.05, 0.1) is 17.7 Å². The smallest absolute Gasteiger partial charge is 0.339 e. The Labute approximate surface area is 90.6 Å². The molecule has 0 aromatic heterocycles. The van der Waals surface area contributed by atoms with E-state index in [2.05, 4.69) is 4.74 Å². The highest BCUT2D eigenvalue weighted by Crippen LogP contribution is 2.25. The van der Waals surface area contributed by atoms with Crippen LogP contribution in [0.3, 0.4) is 0 Å². The third-order valence-corrected chi connectivity index (χ3v) is 2.24. The standard InChI is InChI=1S/C9H6Cl2O3/c1-14-9(13)7-3-6(10)2-5(4-12)8(7)11/h2-4H,1H3. The number of methoxy groups -OCH3 is 1. The van der Waals surface area contributed by atoms with Crippen LogP contribution in [0.5, 0.6) is 0 Å².